The van der Waals surface area contributed by atoms with Crippen LogP contribution in [0.2, 0.25) is 0 Å². The highest BCUT2D eigenvalue weighted by atomic mass is 32.2. The van der Waals surface area contributed by atoms with Crippen molar-refractivity contribution in [1.29, 1.82) is 0 Å². The fraction of sp³-hybridized carbons (Fsp3) is 0.353. The van der Waals surface area contributed by atoms with Gasteiger partial charge < -0.3 is 15.2 Å². The Labute approximate surface area is 157 Å². The van der Waals surface area contributed by atoms with Gasteiger partial charge in [-0.3, -0.25) is 0 Å². The number of nitrogens with one attached hydrogen (secondary N) is 3. The van der Waals surface area contributed by atoms with Gasteiger partial charge in [-0.25, -0.2) is 18.1 Å². The molecule has 0 spiro atoms. The molecule has 9 nitrogen and oxygen atoms in total. The summed E-state index contributed by atoms with van der Waals surface area (Å²) in [6, 6.07) is 9.01. The van der Waals surface area contributed by atoms with Crippen LogP contribution < -0.4 is 15.4 Å². The van der Waals surface area contributed by atoms with Crippen LogP contribution in [0.4, 0.5) is 11.8 Å². The third-order valence-electron chi connectivity index (χ3n) is 3.72. The standard InChI is InChI=1S/C17H22N6O3S/c1-3-18-16-10-12(2)21-17(22-16)19-8-9-20-27(24,25)11-14-13-6-4-5-7-15(13)26-23-14/h4-7,10,20H,3,8-9,11H2,1-2H3,(H2,18,19,21,22). The summed E-state index contributed by atoms with van der Waals surface area (Å²) in [6.45, 7) is 5.17. The smallest absolute Gasteiger partial charge is 0.224 e. The van der Waals surface area contributed by atoms with Crippen molar-refractivity contribution in [2.24, 2.45) is 0 Å². The summed E-state index contributed by atoms with van der Waals surface area (Å²) in [4.78, 5) is 8.60. The van der Waals surface area contributed by atoms with Crippen molar-refractivity contribution in [1.82, 2.24) is 19.8 Å². The third kappa shape index (κ3) is 5.14. The van der Waals surface area contributed by atoms with Gasteiger partial charge in [0.05, 0.1) is 0 Å². The zero-order valence-electron chi connectivity index (χ0n) is 15.2. The molecular weight excluding hydrogens is 368 g/mol. The second-order valence-corrected chi connectivity index (χ2v) is 7.76. The summed E-state index contributed by atoms with van der Waals surface area (Å²) < 4.78 is 32.3. The van der Waals surface area contributed by atoms with Crippen LogP contribution in [-0.4, -0.2) is 43.2 Å². The molecule has 0 bridgehead atoms. The van der Waals surface area contributed by atoms with E-state index in [2.05, 4.69) is 30.5 Å². The average molecular weight is 390 g/mol. The Balaban J connectivity index is 1.54. The molecular formula is C17H22N6O3S. The number of para-hydroxylation sites is 1. The fourth-order valence-electron chi connectivity index (χ4n) is 2.57. The third-order valence-corrected chi connectivity index (χ3v) is 5.02. The maximum absolute atomic E-state index is 12.3. The fourth-order valence-corrected chi connectivity index (χ4v) is 3.66. The Morgan fingerprint density at radius 3 is 2.74 bits per heavy atom. The summed E-state index contributed by atoms with van der Waals surface area (Å²) in [6.07, 6.45) is 0. The minimum Gasteiger partial charge on any atom is -0.370 e. The van der Waals surface area contributed by atoms with Crippen LogP contribution in [-0.2, 0) is 15.8 Å². The van der Waals surface area contributed by atoms with Crippen LogP contribution in [0.15, 0.2) is 34.9 Å². The quantitative estimate of drug-likeness (QED) is 0.474. The largest absolute Gasteiger partial charge is 0.370 e. The van der Waals surface area contributed by atoms with E-state index in [1.807, 2.05) is 32.0 Å². The van der Waals surface area contributed by atoms with E-state index in [1.165, 1.54) is 0 Å². The van der Waals surface area contributed by atoms with Crippen LogP contribution in [0, 0.1) is 6.92 Å². The molecule has 10 heteroatoms. The lowest BCUT2D eigenvalue weighted by Gasteiger charge is -2.09. The molecule has 2 heterocycles. The van der Waals surface area contributed by atoms with Crippen molar-refractivity contribution < 1.29 is 12.9 Å². The van der Waals surface area contributed by atoms with Crippen LogP contribution in [0.5, 0.6) is 0 Å². The van der Waals surface area contributed by atoms with Crippen molar-refractivity contribution in [3.8, 4) is 0 Å². The molecule has 0 saturated carbocycles. The van der Waals surface area contributed by atoms with Crippen LogP contribution >= 0.6 is 0 Å². The molecule has 0 aliphatic rings. The first-order valence-electron chi connectivity index (χ1n) is 8.61. The molecule has 0 aliphatic carbocycles. The highest BCUT2D eigenvalue weighted by molar-refractivity contribution is 7.88. The SMILES string of the molecule is CCNc1cc(C)nc(NCCNS(=O)(=O)Cc2noc3ccccc23)n1. The van der Waals surface area contributed by atoms with Crippen LogP contribution in [0.3, 0.4) is 0 Å². The average Bonchev–Trinajstić information content (AvgIpc) is 3.01. The molecule has 3 N–H and O–H groups in total. The van der Waals surface area contributed by atoms with E-state index < -0.39 is 10.0 Å². The number of aromatic nitrogens is 3. The van der Waals surface area contributed by atoms with Gasteiger partial charge >= 0.3 is 0 Å². The molecule has 0 amide bonds. The van der Waals surface area contributed by atoms with Crippen LogP contribution in [0.1, 0.15) is 18.3 Å². The number of nitrogens with zero attached hydrogens (tertiary/aromatic N) is 3. The first kappa shape index (κ1) is 19.1. The number of anilines is 2. The summed E-state index contributed by atoms with van der Waals surface area (Å²) >= 11 is 0. The number of hydrogen-bond acceptors (Lipinski definition) is 8. The normalized spacial score (nSPS) is 11.6. The zero-order valence-corrected chi connectivity index (χ0v) is 16.0. The van der Waals surface area contributed by atoms with Gasteiger partial charge in [-0.1, -0.05) is 17.3 Å². The maximum Gasteiger partial charge on any atom is 0.224 e. The van der Waals surface area contributed by atoms with Crippen LogP contribution in [0.25, 0.3) is 11.0 Å². The van der Waals surface area contributed by atoms with Crippen molar-refractivity contribution >= 4 is 32.8 Å². The summed E-state index contributed by atoms with van der Waals surface area (Å²) in [5.41, 5.74) is 1.78. The Hall–Kier alpha value is -2.72. The van der Waals surface area contributed by atoms with Gasteiger partial charge in [0.1, 0.15) is 17.3 Å². The van der Waals surface area contributed by atoms with Crippen molar-refractivity contribution in [2.45, 2.75) is 19.6 Å². The van der Waals surface area contributed by atoms with E-state index >= 15 is 0 Å². The van der Waals surface area contributed by atoms with E-state index in [9.17, 15) is 8.42 Å². The van der Waals surface area contributed by atoms with E-state index in [-0.39, 0.29) is 12.3 Å². The minimum absolute atomic E-state index is 0.200. The Morgan fingerprint density at radius 1 is 1.11 bits per heavy atom. The van der Waals surface area contributed by atoms with Gasteiger partial charge in [-0.15, -0.1) is 0 Å². The molecule has 144 valence electrons. The van der Waals surface area contributed by atoms with Gasteiger partial charge in [0.2, 0.25) is 16.0 Å². The van der Waals surface area contributed by atoms with Gasteiger partial charge in [-0.2, -0.15) is 4.98 Å². The number of hydrogen-bond donors (Lipinski definition) is 3. The molecule has 0 fully saturated rings. The van der Waals surface area contributed by atoms with Gasteiger partial charge in [0, 0.05) is 36.8 Å². The minimum atomic E-state index is -3.54. The molecule has 0 saturated heterocycles. The summed E-state index contributed by atoms with van der Waals surface area (Å²) in [5.74, 6) is 0.939. The maximum atomic E-state index is 12.3. The molecule has 0 radical (unpaired) electrons. The van der Waals surface area contributed by atoms with Crippen molar-refractivity contribution in [2.75, 3.05) is 30.3 Å². The first-order chi connectivity index (χ1) is 13.0. The number of rotatable bonds is 9. The lowest BCUT2D eigenvalue weighted by Crippen LogP contribution is -2.30. The predicted octanol–water partition coefficient (Wildman–Crippen LogP) is 1.89. The van der Waals surface area contributed by atoms with Crippen molar-refractivity contribution in [3.05, 3.63) is 41.7 Å². The molecule has 1 aromatic carbocycles. The van der Waals surface area contributed by atoms with E-state index in [4.69, 9.17) is 4.52 Å². The van der Waals surface area contributed by atoms with E-state index in [0.717, 1.165) is 18.1 Å². The van der Waals surface area contributed by atoms with E-state index in [0.29, 0.717) is 29.2 Å². The highest BCUT2D eigenvalue weighted by Crippen LogP contribution is 2.19. The van der Waals surface area contributed by atoms with Gasteiger partial charge in [0.25, 0.3) is 0 Å². The predicted molar refractivity (Wildman–Crippen MR) is 104 cm³/mol. The number of sulfonamides is 1. The monoisotopic (exact) mass is 390 g/mol. The lowest BCUT2D eigenvalue weighted by atomic mass is 10.2. The molecule has 0 atom stereocenters. The second-order valence-electron chi connectivity index (χ2n) is 5.95. The Kier molecular flexibility index (Phi) is 5.87. The molecule has 27 heavy (non-hydrogen) atoms. The first-order valence-corrected chi connectivity index (χ1v) is 10.3. The summed E-state index contributed by atoms with van der Waals surface area (Å²) in [5, 5.41) is 10.7. The highest BCUT2D eigenvalue weighted by Gasteiger charge is 2.17. The lowest BCUT2D eigenvalue weighted by molar-refractivity contribution is 0.448. The summed E-state index contributed by atoms with van der Waals surface area (Å²) in [7, 11) is -3.54. The molecule has 2 aromatic heterocycles. The van der Waals surface area contributed by atoms with Gasteiger partial charge in [-0.05, 0) is 26.0 Å². The second kappa shape index (κ2) is 8.31. The number of aryl methyl sites for hydroxylation is 1. The Morgan fingerprint density at radius 2 is 1.93 bits per heavy atom. The van der Waals surface area contributed by atoms with Gasteiger partial charge in [0.15, 0.2) is 5.58 Å². The zero-order chi connectivity index (χ0) is 19.3. The van der Waals surface area contributed by atoms with E-state index in [1.54, 1.807) is 12.1 Å². The van der Waals surface area contributed by atoms with Crippen molar-refractivity contribution in [3.63, 3.8) is 0 Å². The number of benzene rings is 1. The molecule has 3 rings (SSSR count). The molecule has 0 unspecified atom stereocenters. The molecule has 0 aliphatic heterocycles. The molecule has 3 aromatic rings. The number of fused-ring (bicyclic) bond motifs is 1. The Bertz CT molecular complexity index is 1020. The topological polar surface area (TPSA) is 122 Å².